The Bertz CT molecular complexity index is 228. The Morgan fingerprint density at radius 1 is 1.06 bits per heavy atom. The smallest absolute Gasteiger partial charge is 0.316 e. The van der Waals surface area contributed by atoms with Gasteiger partial charge in [-0.2, -0.15) is 18.4 Å². The van der Waals surface area contributed by atoms with Crippen LogP contribution in [0, 0.1) is 16.7 Å². The molecular weight excluding hydrogens is 217 g/mol. The number of hydrogen-bond donors (Lipinski definition) is 1. The summed E-state index contributed by atoms with van der Waals surface area (Å²) in [5, 5.41) is 11.5. The minimum Gasteiger partial charge on any atom is -0.316 e. The Labute approximate surface area is 94.8 Å². The maximum atomic E-state index is 11.8. The molecule has 0 amide bonds. The molecule has 0 aliphatic rings. The summed E-state index contributed by atoms with van der Waals surface area (Å²) >= 11 is 0. The zero-order chi connectivity index (χ0) is 12.7. The molecule has 0 saturated heterocycles. The first-order valence-electron chi connectivity index (χ1n) is 5.45. The average Bonchev–Trinajstić information content (AvgIpc) is 2.14. The van der Waals surface area contributed by atoms with Crippen LogP contribution in [0.5, 0.6) is 0 Å². The number of hydrogen-bond acceptors (Lipinski definition) is 2. The van der Waals surface area contributed by atoms with Crippen molar-refractivity contribution >= 4 is 0 Å². The molecule has 0 saturated carbocycles. The van der Waals surface area contributed by atoms with Crippen LogP contribution in [0.15, 0.2) is 0 Å². The topological polar surface area (TPSA) is 35.8 Å². The fourth-order valence-electron chi connectivity index (χ4n) is 1.23. The van der Waals surface area contributed by atoms with Crippen molar-refractivity contribution < 1.29 is 13.2 Å². The zero-order valence-electron chi connectivity index (χ0n) is 9.82. The summed E-state index contributed by atoms with van der Waals surface area (Å²) in [4.78, 5) is 0. The summed E-state index contributed by atoms with van der Waals surface area (Å²) in [6.45, 7) is 4.29. The molecule has 0 aromatic carbocycles. The summed E-state index contributed by atoms with van der Waals surface area (Å²) in [6, 6.07) is 2.19. The van der Waals surface area contributed by atoms with Crippen molar-refractivity contribution in [3.8, 4) is 6.07 Å². The molecule has 0 aromatic heterocycles. The highest BCUT2D eigenvalue weighted by atomic mass is 19.4. The first-order chi connectivity index (χ1) is 7.27. The second-order valence-electron chi connectivity index (χ2n) is 4.57. The SMILES string of the molecule is CC(C)(C#N)CCCCNCCC(F)(F)F. The van der Waals surface area contributed by atoms with E-state index >= 15 is 0 Å². The van der Waals surface area contributed by atoms with Crippen LogP contribution in [-0.2, 0) is 0 Å². The standard InChI is InChI=1S/C11H19F3N2/c1-10(2,9-15)5-3-4-7-16-8-6-11(12,13)14/h16H,3-8H2,1-2H3. The molecule has 0 bridgehead atoms. The van der Waals surface area contributed by atoms with Crippen LogP contribution in [0.4, 0.5) is 13.2 Å². The molecule has 0 fully saturated rings. The van der Waals surface area contributed by atoms with E-state index in [9.17, 15) is 13.2 Å². The van der Waals surface area contributed by atoms with Gasteiger partial charge in [0, 0.05) is 6.54 Å². The first kappa shape index (κ1) is 15.2. The normalized spacial score (nSPS) is 12.5. The Balaban J connectivity index is 3.33. The molecule has 0 rings (SSSR count). The molecule has 5 heteroatoms. The van der Waals surface area contributed by atoms with E-state index in [4.69, 9.17) is 5.26 Å². The van der Waals surface area contributed by atoms with Crippen LogP contribution < -0.4 is 5.32 Å². The molecule has 0 aliphatic heterocycles. The van der Waals surface area contributed by atoms with Crippen LogP contribution >= 0.6 is 0 Å². The Morgan fingerprint density at radius 2 is 1.69 bits per heavy atom. The van der Waals surface area contributed by atoms with Gasteiger partial charge in [-0.15, -0.1) is 0 Å². The second kappa shape index (κ2) is 6.74. The van der Waals surface area contributed by atoms with Gasteiger partial charge in [0.15, 0.2) is 0 Å². The van der Waals surface area contributed by atoms with E-state index in [2.05, 4.69) is 11.4 Å². The van der Waals surface area contributed by atoms with Gasteiger partial charge < -0.3 is 5.32 Å². The van der Waals surface area contributed by atoms with Crippen LogP contribution in [-0.4, -0.2) is 19.3 Å². The molecule has 0 aromatic rings. The predicted octanol–water partition coefficient (Wildman–Crippen LogP) is 3.25. The number of rotatable bonds is 7. The molecule has 94 valence electrons. The van der Waals surface area contributed by atoms with Crippen molar-refractivity contribution in [2.24, 2.45) is 5.41 Å². The van der Waals surface area contributed by atoms with Crippen LogP contribution in [0.3, 0.4) is 0 Å². The van der Waals surface area contributed by atoms with Gasteiger partial charge >= 0.3 is 6.18 Å². The van der Waals surface area contributed by atoms with Gasteiger partial charge in [-0.3, -0.25) is 0 Å². The van der Waals surface area contributed by atoms with Crippen LogP contribution in [0.2, 0.25) is 0 Å². The highest BCUT2D eigenvalue weighted by molar-refractivity contribution is 4.91. The van der Waals surface area contributed by atoms with Crippen molar-refractivity contribution in [1.82, 2.24) is 5.32 Å². The maximum absolute atomic E-state index is 11.8. The summed E-state index contributed by atoms with van der Waals surface area (Å²) in [5.41, 5.74) is -0.327. The number of nitrogens with one attached hydrogen (secondary N) is 1. The fourth-order valence-corrected chi connectivity index (χ4v) is 1.23. The molecule has 0 radical (unpaired) electrons. The van der Waals surface area contributed by atoms with Gasteiger partial charge in [-0.1, -0.05) is 6.42 Å². The summed E-state index contributed by atoms with van der Waals surface area (Å²) in [7, 11) is 0. The van der Waals surface area contributed by atoms with Crippen LogP contribution in [0.1, 0.15) is 39.5 Å². The lowest BCUT2D eigenvalue weighted by atomic mass is 9.89. The largest absolute Gasteiger partial charge is 0.390 e. The van der Waals surface area contributed by atoms with E-state index < -0.39 is 12.6 Å². The number of unbranched alkanes of at least 4 members (excludes halogenated alkanes) is 1. The highest BCUT2D eigenvalue weighted by Crippen LogP contribution is 2.21. The molecular formula is C11H19F3N2. The van der Waals surface area contributed by atoms with E-state index in [1.807, 2.05) is 13.8 Å². The Morgan fingerprint density at radius 3 is 2.19 bits per heavy atom. The molecule has 0 heterocycles. The lowest BCUT2D eigenvalue weighted by Crippen LogP contribution is -2.22. The fraction of sp³-hybridized carbons (Fsp3) is 0.909. The zero-order valence-corrected chi connectivity index (χ0v) is 9.82. The number of halogens is 3. The molecule has 2 nitrogen and oxygen atoms in total. The third kappa shape index (κ3) is 9.78. The average molecular weight is 236 g/mol. The molecule has 0 aliphatic carbocycles. The van der Waals surface area contributed by atoms with Gasteiger partial charge in [0.25, 0.3) is 0 Å². The summed E-state index contributed by atoms with van der Waals surface area (Å²) < 4.78 is 35.3. The van der Waals surface area contributed by atoms with Crippen molar-refractivity contribution in [2.45, 2.75) is 45.7 Å². The van der Waals surface area contributed by atoms with Gasteiger partial charge in [-0.05, 0) is 33.2 Å². The van der Waals surface area contributed by atoms with Gasteiger partial charge in [-0.25, -0.2) is 0 Å². The van der Waals surface area contributed by atoms with Gasteiger partial charge in [0.05, 0.1) is 17.9 Å². The summed E-state index contributed by atoms with van der Waals surface area (Å²) in [6.07, 6.45) is -2.40. The van der Waals surface area contributed by atoms with Crippen LogP contribution in [0.25, 0.3) is 0 Å². The molecule has 16 heavy (non-hydrogen) atoms. The maximum Gasteiger partial charge on any atom is 0.390 e. The number of nitrogens with zero attached hydrogens (tertiary/aromatic N) is 1. The first-order valence-corrected chi connectivity index (χ1v) is 5.45. The van der Waals surface area contributed by atoms with Crippen molar-refractivity contribution in [1.29, 1.82) is 5.26 Å². The summed E-state index contributed by atoms with van der Waals surface area (Å²) in [5.74, 6) is 0. The number of alkyl halides is 3. The lowest BCUT2D eigenvalue weighted by Gasteiger charge is -2.14. The monoisotopic (exact) mass is 236 g/mol. The predicted molar refractivity (Wildman–Crippen MR) is 56.8 cm³/mol. The van der Waals surface area contributed by atoms with Gasteiger partial charge in [0.1, 0.15) is 0 Å². The lowest BCUT2D eigenvalue weighted by molar-refractivity contribution is -0.133. The molecule has 0 spiro atoms. The quantitative estimate of drug-likeness (QED) is 0.689. The Hall–Kier alpha value is -0.760. The minimum absolute atomic E-state index is 0.0227. The second-order valence-corrected chi connectivity index (χ2v) is 4.57. The third-order valence-electron chi connectivity index (χ3n) is 2.29. The van der Waals surface area contributed by atoms with Crippen molar-refractivity contribution in [2.75, 3.05) is 13.1 Å². The minimum atomic E-state index is -4.07. The molecule has 0 atom stereocenters. The van der Waals surface area contributed by atoms with E-state index in [-0.39, 0.29) is 12.0 Å². The highest BCUT2D eigenvalue weighted by Gasteiger charge is 2.25. The van der Waals surface area contributed by atoms with E-state index in [1.54, 1.807) is 0 Å². The molecule has 1 N–H and O–H groups in total. The van der Waals surface area contributed by atoms with E-state index in [1.165, 1.54) is 0 Å². The number of nitriles is 1. The van der Waals surface area contributed by atoms with E-state index in [0.717, 1.165) is 19.3 Å². The Kier molecular flexibility index (Phi) is 6.42. The molecule has 0 unspecified atom stereocenters. The van der Waals surface area contributed by atoms with Crippen molar-refractivity contribution in [3.63, 3.8) is 0 Å². The van der Waals surface area contributed by atoms with E-state index in [0.29, 0.717) is 6.54 Å². The van der Waals surface area contributed by atoms with Gasteiger partial charge in [0.2, 0.25) is 0 Å². The van der Waals surface area contributed by atoms with Crippen molar-refractivity contribution in [3.05, 3.63) is 0 Å². The third-order valence-corrected chi connectivity index (χ3v) is 2.29.